The van der Waals surface area contributed by atoms with Gasteiger partial charge in [-0.15, -0.1) is 0 Å². The van der Waals surface area contributed by atoms with Crippen molar-refractivity contribution in [2.24, 2.45) is 0 Å². The molecule has 7 nitrogen and oxygen atoms in total. The number of fused-ring (bicyclic) bond motifs is 1. The van der Waals surface area contributed by atoms with Gasteiger partial charge >= 0.3 is 0 Å². The van der Waals surface area contributed by atoms with Gasteiger partial charge in [-0.1, -0.05) is 62.4 Å². The summed E-state index contributed by atoms with van der Waals surface area (Å²) in [6.07, 6.45) is 0.711. The molecule has 0 N–H and O–H groups in total. The van der Waals surface area contributed by atoms with Crippen molar-refractivity contribution >= 4 is 26.6 Å². The molecule has 1 unspecified atom stereocenters. The quantitative estimate of drug-likeness (QED) is 0.279. The Labute approximate surface area is 232 Å². The molecule has 4 aromatic rings. The second-order valence-electron chi connectivity index (χ2n) is 10.4. The van der Waals surface area contributed by atoms with E-state index in [-0.39, 0.29) is 12.6 Å². The summed E-state index contributed by atoms with van der Waals surface area (Å²) in [5.74, 6) is 0.997. The Morgan fingerprint density at radius 2 is 1.56 bits per heavy atom. The zero-order valence-corrected chi connectivity index (χ0v) is 24.2. The van der Waals surface area contributed by atoms with Gasteiger partial charge in [0, 0.05) is 44.3 Å². The topological polar surface area (TPSA) is 61.7 Å². The fourth-order valence-electron chi connectivity index (χ4n) is 5.38. The van der Waals surface area contributed by atoms with Crippen LogP contribution < -0.4 is 4.90 Å². The van der Waals surface area contributed by atoms with Crippen molar-refractivity contribution in [1.82, 2.24) is 19.0 Å². The molecule has 39 heavy (non-hydrogen) atoms. The smallest absolute Gasteiger partial charge is 0.243 e. The first-order valence-electron chi connectivity index (χ1n) is 13.9. The maximum absolute atomic E-state index is 14.2. The third-order valence-electron chi connectivity index (χ3n) is 8.00. The predicted molar refractivity (Wildman–Crippen MR) is 159 cm³/mol. The summed E-state index contributed by atoms with van der Waals surface area (Å²) in [6, 6.07) is 23.3. The fraction of sp³-hybridized carbons (Fsp3) is 0.387. The lowest BCUT2D eigenvalue weighted by Gasteiger charge is -2.36. The molecule has 0 amide bonds. The average molecular weight is 546 g/mol. The van der Waals surface area contributed by atoms with Crippen LogP contribution in [-0.4, -0.2) is 66.2 Å². The third-order valence-corrected chi connectivity index (χ3v) is 9.96. The standard InChI is InChI=1S/C31H39N5O2S/c1-5-24(3)35(39(37,38)29-17-16-26-12-10-11-13-27(26)22-29)23-30-25(4)32-36(28-14-8-7-9-15-28)31(30)34-20-18-33(6-2)19-21-34/h7-17,22,24H,5-6,18-21,23H2,1-4H3. The molecule has 1 aromatic heterocycles. The van der Waals surface area contributed by atoms with Crippen molar-refractivity contribution in [3.63, 3.8) is 0 Å². The van der Waals surface area contributed by atoms with Gasteiger partial charge in [0.25, 0.3) is 0 Å². The van der Waals surface area contributed by atoms with E-state index in [0.717, 1.165) is 66.3 Å². The van der Waals surface area contributed by atoms with Gasteiger partial charge < -0.3 is 9.80 Å². The zero-order valence-electron chi connectivity index (χ0n) is 23.4. The van der Waals surface area contributed by atoms with E-state index < -0.39 is 10.0 Å². The molecule has 1 atom stereocenters. The summed E-state index contributed by atoms with van der Waals surface area (Å²) in [4.78, 5) is 5.15. The number of anilines is 1. The number of hydrogen-bond acceptors (Lipinski definition) is 5. The molecule has 206 valence electrons. The first kappa shape index (κ1) is 27.4. The predicted octanol–water partition coefficient (Wildman–Crippen LogP) is 5.47. The molecular formula is C31H39N5O2S. The molecule has 3 aromatic carbocycles. The van der Waals surface area contributed by atoms with Gasteiger partial charge in [-0.2, -0.15) is 9.40 Å². The zero-order chi connectivity index (χ0) is 27.6. The third kappa shape index (κ3) is 5.46. The van der Waals surface area contributed by atoms with Crippen LogP contribution in [0.25, 0.3) is 16.5 Å². The highest BCUT2D eigenvalue weighted by Gasteiger charge is 2.33. The van der Waals surface area contributed by atoms with Crippen LogP contribution in [0.15, 0.2) is 77.7 Å². The van der Waals surface area contributed by atoms with Gasteiger partial charge in [0.05, 0.1) is 16.3 Å². The molecule has 0 spiro atoms. The molecule has 8 heteroatoms. The van der Waals surface area contributed by atoms with Crippen molar-refractivity contribution in [3.05, 3.63) is 84.1 Å². The van der Waals surface area contributed by atoms with Crippen LogP contribution in [0.3, 0.4) is 0 Å². The number of hydrogen-bond donors (Lipinski definition) is 0. The van der Waals surface area contributed by atoms with E-state index >= 15 is 0 Å². The van der Waals surface area contributed by atoms with E-state index in [9.17, 15) is 8.42 Å². The van der Waals surface area contributed by atoms with Crippen molar-refractivity contribution in [2.75, 3.05) is 37.6 Å². The second-order valence-corrected chi connectivity index (χ2v) is 12.3. The Bertz CT molecular complexity index is 1530. The molecule has 1 fully saturated rings. The normalized spacial score (nSPS) is 15.8. The Kier molecular flexibility index (Phi) is 8.07. The summed E-state index contributed by atoms with van der Waals surface area (Å²) in [5, 5.41) is 6.92. The highest BCUT2D eigenvalue weighted by atomic mass is 32.2. The molecule has 1 saturated heterocycles. The Morgan fingerprint density at radius 3 is 2.23 bits per heavy atom. The molecular weight excluding hydrogens is 506 g/mol. The Balaban J connectivity index is 1.59. The molecule has 2 heterocycles. The summed E-state index contributed by atoms with van der Waals surface area (Å²) >= 11 is 0. The molecule has 0 aliphatic carbocycles. The van der Waals surface area contributed by atoms with E-state index in [2.05, 4.69) is 28.9 Å². The first-order valence-corrected chi connectivity index (χ1v) is 15.4. The maximum atomic E-state index is 14.2. The lowest BCUT2D eigenvalue weighted by atomic mass is 10.1. The van der Waals surface area contributed by atoms with Crippen LogP contribution in [0.4, 0.5) is 5.82 Å². The molecule has 5 rings (SSSR count). The van der Waals surface area contributed by atoms with E-state index in [0.29, 0.717) is 11.3 Å². The van der Waals surface area contributed by atoms with E-state index in [4.69, 9.17) is 5.10 Å². The van der Waals surface area contributed by atoms with Crippen LogP contribution >= 0.6 is 0 Å². The molecule has 1 aliphatic rings. The number of sulfonamides is 1. The number of rotatable bonds is 9. The number of benzene rings is 3. The minimum atomic E-state index is -3.76. The monoisotopic (exact) mass is 545 g/mol. The average Bonchev–Trinajstić information content (AvgIpc) is 3.31. The molecule has 0 bridgehead atoms. The molecule has 1 aliphatic heterocycles. The second kappa shape index (κ2) is 11.5. The minimum absolute atomic E-state index is 0.175. The minimum Gasteiger partial charge on any atom is -0.354 e. The van der Waals surface area contributed by atoms with Crippen LogP contribution in [0.2, 0.25) is 0 Å². The van der Waals surface area contributed by atoms with Gasteiger partial charge in [0.1, 0.15) is 5.82 Å². The number of nitrogens with zero attached hydrogens (tertiary/aromatic N) is 5. The van der Waals surface area contributed by atoms with Crippen LogP contribution in [-0.2, 0) is 16.6 Å². The summed E-state index contributed by atoms with van der Waals surface area (Å²) in [7, 11) is -3.76. The van der Waals surface area contributed by atoms with Crippen LogP contribution in [0, 0.1) is 6.92 Å². The Morgan fingerprint density at radius 1 is 0.897 bits per heavy atom. The summed E-state index contributed by atoms with van der Waals surface area (Å²) < 4.78 is 32.1. The largest absolute Gasteiger partial charge is 0.354 e. The molecule has 0 radical (unpaired) electrons. The van der Waals surface area contributed by atoms with Gasteiger partial charge in [0.2, 0.25) is 10.0 Å². The van der Waals surface area contributed by atoms with Gasteiger partial charge in [-0.25, -0.2) is 13.1 Å². The number of piperazine rings is 1. The number of likely N-dealkylation sites (N-methyl/N-ethyl adjacent to an activating group) is 1. The summed E-state index contributed by atoms with van der Waals surface area (Å²) in [6.45, 7) is 13.2. The van der Waals surface area contributed by atoms with Crippen molar-refractivity contribution < 1.29 is 8.42 Å². The van der Waals surface area contributed by atoms with Gasteiger partial charge in [-0.3, -0.25) is 0 Å². The first-order chi connectivity index (χ1) is 18.8. The van der Waals surface area contributed by atoms with Crippen LogP contribution in [0.5, 0.6) is 0 Å². The van der Waals surface area contributed by atoms with Gasteiger partial charge in [-0.05, 0) is 61.9 Å². The number of aromatic nitrogens is 2. The molecule has 0 saturated carbocycles. The highest BCUT2D eigenvalue weighted by molar-refractivity contribution is 7.89. The van der Waals surface area contributed by atoms with Crippen molar-refractivity contribution in [1.29, 1.82) is 0 Å². The maximum Gasteiger partial charge on any atom is 0.243 e. The SMILES string of the molecule is CCC(C)N(Cc1c(C)nn(-c2ccccc2)c1N1CCN(CC)CC1)S(=O)(=O)c1ccc2ccccc2c1. The van der Waals surface area contributed by atoms with E-state index in [1.807, 2.05) is 74.0 Å². The van der Waals surface area contributed by atoms with Crippen molar-refractivity contribution in [3.8, 4) is 5.69 Å². The highest BCUT2D eigenvalue weighted by Crippen LogP contribution is 2.33. The summed E-state index contributed by atoms with van der Waals surface area (Å²) in [5.41, 5.74) is 2.80. The lowest BCUT2D eigenvalue weighted by molar-refractivity contribution is 0.269. The van der Waals surface area contributed by atoms with Gasteiger partial charge in [0.15, 0.2) is 0 Å². The van der Waals surface area contributed by atoms with E-state index in [1.54, 1.807) is 16.4 Å². The van der Waals surface area contributed by atoms with Crippen LogP contribution in [0.1, 0.15) is 38.4 Å². The number of aryl methyl sites for hydroxylation is 1. The lowest BCUT2D eigenvalue weighted by Crippen LogP contribution is -2.47. The number of para-hydroxylation sites is 1. The van der Waals surface area contributed by atoms with Crippen molar-refractivity contribution in [2.45, 2.75) is 51.6 Å². The van der Waals surface area contributed by atoms with E-state index in [1.165, 1.54) is 0 Å². The Hall–Kier alpha value is -3.20. The fourth-order valence-corrected chi connectivity index (χ4v) is 7.09.